The molecule has 0 fully saturated rings. The molecule has 0 N–H and O–H groups in total. The topological polar surface area (TPSA) is 0 Å². The molecular weight excluding hydrogens is 312 g/mol. The minimum absolute atomic E-state index is 0.129. The summed E-state index contributed by atoms with van der Waals surface area (Å²) < 4.78 is 0. The number of rotatable bonds is 3. The van der Waals surface area contributed by atoms with Crippen molar-refractivity contribution in [2.45, 2.75) is 65.7 Å². The molecule has 0 heterocycles. The molecule has 0 nitrogen and oxygen atoms in total. The van der Waals surface area contributed by atoms with Crippen molar-refractivity contribution < 1.29 is 0 Å². The van der Waals surface area contributed by atoms with Gasteiger partial charge in [-0.2, -0.15) is 0 Å². The Morgan fingerprint density at radius 1 is 0.692 bits per heavy atom. The van der Waals surface area contributed by atoms with Gasteiger partial charge in [0, 0.05) is 0 Å². The summed E-state index contributed by atoms with van der Waals surface area (Å²) in [5.41, 5.74) is 7.27. The van der Waals surface area contributed by atoms with E-state index in [4.69, 9.17) is 0 Å². The van der Waals surface area contributed by atoms with E-state index in [9.17, 15) is 0 Å². The maximum atomic E-state index is 2.44. The third kappa shape index (κ3) is 3.43. The zero-order valence-corrected chi connectivity index (χ0v) is 17.4. The normalized spacial score (nSPS) is 12.3. The zero-order chi connectivity index (χ0) is 19.1. The molecule has 0 aromatic heterocycles. The lowest BCUT2D eigenvalue weighted by atomic mass is 9.79. The highest BCUT2D eigenvalue weighted by Gasteiger charge is 2.21. The second-order valence-electron chi connectivity index (χ2n) is 9.12. The van der Waals surface area contributed by atoms with Gasteiger partial charge in [-0.15, -0.1) is 0 Å². The standard InChI is InChI=1S/C26H32/c1-17(2)21-13-10-14-22(18(3)4)25(21)24-16-20(26(5,6)7)15-19-11-8-9-12-23(19)24/h8-18H,1-7H3. The Morgan fingerprint density at radius 2 is 1.27 bits per heavy atom. The maximum absolute atomic E-state index is 2.44. The second-order valence-corrected chi connectivity index (χ2v) is 9.12. The molecule has 0 aliphatic carbocycles. The molecule has 0 radical (unpaired) electrons. The van der Waals surface area contributed by atoms with E-state index in [1.165, 1.54) is 38.6 Å². The van der Waals surface area contributed by atoms with Gasteiger partial charge in [0.2, 0.25) is 0 Å². The third-order valence-corrected chi connectivity index (χ3v) is 5.37. The van der Waals surface area contributed by atoms with Crippen LogP contribution in [0.5, 0.6) is 0 Å². The van der Waals surface area contributed by atoms with E-state index < -0.39 is 0 Å². The van der Waals surface area contributed by atoms with Crippen molar-refractivity contribution in [1.29, 1.82) is 0 Å². The number of hydrogen-bond acceptors (Lipinski definition) is 0. The van der Waals surface area contributed by atoms with Crippen molar-refractivity contribution in [3.63, 3.8) is 0 Å². The molecule has 0 atom stereocenters. The Balaban J connectivity index is 2.46. The molecule has 0 heteroatoms. The molecule has 0 amide bonds. The summed E-state index contributed by atoms with van der Waals surface area (Å²) in [6.07, 6.45) is 0. The van der Waals surface area contributed by atoms with Crippen molar-refractivity contribution >= 4 is 10.8 Å². The van der Waals surface area contributed by atoms with E-state index in [0.29, 0.717) is 11.8 Å². The van der Waals surface area contributed by atoms with Crippen molar-refractivity contribution in [2.24, 2.45) is 0 Å². The Morgan fingerprint density at radius 3 is 1.81 bits per heavy atom. The minimum atomic E-state index is 0.129. The molecule has 3 rings (SSSR count). The summed E-state index contributed by atoms with van der Waals surface area (Å²) >= 11 is 0. The Bertz CT molecular complexity index is 894. The van der Waals surface area contributed by atoms with E-state index in [-0.39, 0.29) is 5.41 Å². The van der Waals surface area contributed by atoms with Crippen molar-refractivity contribution in [1.82, 2.24) is 0 Å². The molecule has 0 aliphatic heterocycles. The summed E-state index contributed by atoms with van der Waals surface area (Å²) in [4.78, 5) is 0. The number of fused-ring (bicyclic) bond motifs is 1. The second kappa shape index (κ2) is 6.91. The summed E-state index contributed by atoms with van der Waals surface area (Å²) in [6.45, 7) is 16.1. The Labute approximate surface area is 159 Å². The van der Waals surface area contributed by atoms with Crippen LogP contribution in [0.4, 0.5) is 0 Å². The molecule has 3 aromatic carbocycles. The van der Waals surface area contributed by atoms with E-state index in [2.05, 4.69) is 103 Å². The molecule has 0 saturated heterocycles. The van der Waals surface area contributed by atoms with Crippen molar-refractivity contribution in [2.75, 3.05) is 0 Å². The summed E-state index contributed by atoms with van der Waals surface area (Å²) in [5.74, 6) is 1.00. The first kappa shape index (κ1) is 18.7. The summed E-state index contributed by atoms with van der Waals surface area (Å²) in [5, 5.41) is 2.69. The van der Waals surface area contributed by atoms with E-state index >= 15 is 0 Å². The van der Waals surface area contributed by atoms with Gasteiger partial charge in [0.25, 0.3) is 0 Å². The van der Waals surface area contributed by atoms with Crippen LogP contribution in [0, 0.1) is 0 Å². The van der Waals surface area contributed by atoms with Crippen LogP contribution in [0.25, 0.3) is 21.9 Å². The van der Waals surface area contributed by atoms with Crippen LogP contribution in [0.1, 0.15) is 77.0 Å². The van der Waals surface area contributed by atoms with E-state index in [0.717, 1.165) is 0 Å². The molecule has 0 aliphatic rings. The molecule has 0 spiro atoms. The van der Waals surface area contributed by atoms with Gasteiger partial charge in [-0.25, -0.2) is 0 Å². The molecule has 0 saturated carbocycles. The largest absolute Gasteiger partial charge is 0.0617 e. The van der Waals surface area contributed by atoms with E-state index in [1.807, 2.05) is 0 Å². The van der Waals surface area contributed by atoms with Crippen LogP contribution in [-0.4, -0.2) is 0 Å². The predicted molar refractivity (Wildman–Crippen MR) is 116 cm³/mol. The van der Waals surface area contributed by atoms with Crippen LogP contribution in [0.2, 0.25) is 0 Å². The molecule has 26 heavy (non-hydrogen) atoms. The van der Waals surface area contributed by atoms with Crippen LogP contribution < -0.4 is 0 Å². The highest BCUT2D eigenvalue weighted by atomic mass is 14.2. The maximum Gasteiger partial charge on any atom is -0.00967 e. The predicted octanol–water partition coefficient (Wildman–Crippen LogP) is 8.05. The monoisotopic (exact) mass is 344 g/mol. The van der Waals surface area contributed by atoms with Gasteiger partial charge < -0.3 is 0 Å². The first-order valence-electron chi connectivity index (χ1n) is 9.86. The van der Waals surface area contributed by atoms with Gasteiger partial charge in [-0.1, -0.05) is 97.0 Å². The quantitative estimate of drug-likeness (QED) is 0.451. The van der Waals surface area contributed by atoms with Gasteiger partial charge in [0.1, 0.15) is 0 Å². The third-order valence-electron chi connectivity index (χ3n) is 5.37. The zero-order valence-electron chi connectivity index (χ0n) is 17.4. The highest BCUT2D eigenvalue weighted by molar-refractivity contribution is 5.99. The minimum Gasteiger partial charge on any atom is -0.0617 e. The van der Waals surface area contributed by atoms with Crippen LogP contribution in [0.15, 0.2) is 54.6 Å². The number of benzene rings is 3. The number of hydrogen-bond donors (Lipinski definition) is 0. The summed E-state index contributed by atoms with van der Waals surface area (Å²) in [7, 11) is 0. The SMILES string of the molecule is CC(C)c1cccc(C(C)C)c1-c1cc(C(C)(C)C)cc2ccccc12. The fraction of sp³-hybridized carbons (Fsp3) is 0.385. The molecule has 3 aromatic rings. The summed E-state index contributed by atoms with van der Waals surface area (Å²) in [6, 6.07) is 20.5. The van der Waals surface area contributed by atoms with Gasteiger partial charge >= 0.3 is 0 Å². The smallest absolute Gasteiger partial charge is 0.00967 e. The fourth-order valence-corrected chi connectivity index (χ4v) is 3.81. The molecular formula is C26H32. The highest BCUT2D eigenvalue weighted by Crippen LogP contribution is 2.41. The fourth-order valence-electron chi connectivity index (χ4n) is 3.81. The lowest BCUT2D eigenvalue weighted by Gasteiger charge is -2.25. The lowest BCUT2D eigenvalue weighted by molar-refractivity contribution is 0.591. The van der Waals surface area contributed by atoms with Crippen LogP contribution >= 0.6 is 0 Å². The Kier molecular flexibility index (Phi) is 4.97. The molecule has 136 valence electrons. The average Bonchev–Trinajstić information content (AvgIpc) is 2.59. The van der Waals surface area contributed by atoms with E-state index in [1.54, 1.807) is 0 Å². The first-order valence-corrected chi connectivity index (χ1v) is 9.86. The van der Waals surface area contributed by atoms with Crippen molar-refractivity contribution in [3.8, 4) is 11.1 Å². The van der Waals surface area contributed by atoms with Crippen molar-refractivity contribution in [3.05, 3.63) is 71.3 Å². The Hall–Kier alpha value is -2.08. The van der Waals surface area contributed by atoms with Crippen LogP contribution in [-0.2, 0) is 5.41 Å². The van der Waals surface area contributed by atoms with Gasteiger partial charge in [-0.3, -0.25) is 0 Å². The first-order chi connectivity index (χ1) is 12.2. The lowest BCUT2D eigenvalue weighted by Crippen LogP contribution is -2.11. The van der Waals surface area contributed by atoms with Gasteiger partial charge in [0.05, 0.1) is 0 Å². The van der Waals surface area contributed by atoms with Gasteiger partial charge in [0.15, 0.2) is 0 Å². The van der Waals surface area contributed by atoms with Gasteiger partial charge in [-0.05, 0) is 61.9 Å². The average molecular weight is 345 g/mol. The molecule has 0 unspecified atom stereocenters. The molecule has 0 bridgehead atoms. The van der Waals surface area contributed by atoms with Crippen LogP contribution in [0.3, 0.4) is 0 Å².